The van der Waals surface area contributed by atoms with Crippen molar-refractivity contribution in [1.29, 1.82) is 0 Å². The zero-order valence-electron chi connectivity index (χ0n) is 16.3. The number of rotatable bonds is 5. The Morgan fingerprint density at radius 2 is 1.66 bits per heavy atom. The summed E-state index contributed by atoms with van der Waals surface area (Å²) in [6, 6.07) is 13.3. The van der Waals surface area contributed by atoms with Crippen molar-refractivity contribution in [2.24, 2.45) is 0 Å². The highest BCUT2D eigenvalue weighted by atomic mass is 32.2. The minimum Gasteiger partial charge on any atom is -0.495 e. The number of anilines is 1. The number of nitrogens with one attached hydrogen (secondary N) is 1. The number of hydrogen-bond acceptors (Lipinski definition) is 5. The third-order valence-electron chi connectivity index (χ3n) is 4.67. The van der Waals surface area contributed by atoms with Crippen LogP contribution in [0.15, 0.2) is 53.4 Å². The molecule has 8 nitrogen and oxygen atoms in total. The smallest absolute Gasteiger partial charge is 0.253 e. The van der Waals surface area contributed by atoms with Gasteiger partial charge in [0, 0.05) is 44.7 Å². The monoisotopic (exact) mass is 417 g/mol. The van der Waals surface area contributed by atoms with E-state index in [0.29, 0.717) is 24.3 Å². The molecule has 9 heteroatoms. The molecule has 0 aliphatic carbocycles. The van der Waals surface area contributed by atoms with Crippen molar-refractivity contribution in [2.45, 2.75) is 11.8 Å². The first-order valence-electron chi connectivity index (χ1n) is 9.13. The predicted octanol–water partition coefficient (Wildman–Crippen LogP) is 1.80. The maximum atomic E-state index is 13.0. The Morgan fingerprint density at radius 1 is 1.00 bits per heavy atom. The lowest BCUT2D eigenvalue weighted by molar-refractivity contribution is -0.114. The second-order valence-corrected chi connectivity index (χ2v) is 8.54. The van der Waals surface area contributed by atoms with Crippen LogP contribution in [-0.2, 0) is 14.8 Å². The summed E-state index contributed by atoms with van der Waals surface area (Å²) in [4.78, 5) is 25.5. The predicted molar refractivity (Wildman–Crippen MR) is 108 cm³/mol. The normalized spacial score (nSPS) is 15.0. The Balaban J connectivity index is 1.73. The fraction of sp³-hybridized carbons (Fsp3) is 0.300. The molecule has 0 unspecified atom stereocenters. The highest BCUT2D eigenvalue weighted by Crippen LogP contribution is 2.29. The molecular weight excluding hydrogens is 394 g/mol. The first-order valence-corrected chi connectivity index (χ1v) is 10.6. The zero-order valence-corrected chi connectivity index (χ0v) is 17.1. The number of nitrogens with zero attached hydrogens (tertiary/aromatic N) is 2. The number of amides is 2. The molecule has 1 aliphatic heterocycles. The van der Waals surface area contributed by atoms with Gasteiger partial charge in [-0.3, -0.25) is 9.59 Å². The lowest BCUT2D eigenvalue weighted by atomic mass is 10.2. The second-order valence-electron chi connectivity index (χ2n) is 6.61. The number of ether oxygens (including phenoxy) is 1. The van der Waals surface area contributed by atoms with Crippen LogP contribution < -0.4 is 10.1 Å². The summed E-state index contributed by atoms with van der Waals surface area (Å²) < 4.78 is 32.6. The van der Waals surface area contributed by atoms with Crippen molar-refractivity contribution in [2.75, 3.05) is 38.6 Å². The van der Waals surface area contributed by atoms with Crippen LogP contribution in [-0.4, -0.2) is 62.7 Å². The molecule has 0 aromatic heterocycles. The SMILES string of the molecule is COc1cc(S(=O)(=O)N2CCN(C(=O)c3ccccc3)CC2)ccc1NC(C)=O. The van der Waals surface area contributed by atoms with Crippen LogP contribution in [0.25, 0.3) is 0 Å². The van der Waals surface area contributed by atoms with Crippen molar-refractivity contribution in [3.8, 4) is 5.75 Å². The second kappa shape index (κ2) is 8.62. The van der Waals surface area contributed by atoms with E-state index in [1.807, 2.05) is 6.07 Å². The molecule has 1 saturated heterocycles. The van der Waals surface area contributed by atoms with Crippen LogP contribution in [0.2, 0.25) is 0 Å². The number of carbonyl (C=O) groups is 2. The van der Waals surface area contributed by atoms with Gasteiger partial charge in [0.25, 0.3) is 5.91 Å². The first-order chi connectivity index (χ1) is 13.8. The summed E-state index contributed by atoms with van der Waals surface area (Å²) >= 11 is 0. The molecule has 29 heavy (non-hydrogen) atoms. The fourth-order valence-corrected chi connectivity index (χ4v) is 4.61. The number of piperazine rings is 1. The molecule has 0 bridgehead atoms. The minimum atomic E-state index is -3.75. The first kappa shape index (κ1) is 20.8. The number of methoxy groups -OCH3 is 1. The van der Waals surface area contributed by atoms with Crippen molar-refractivity contribution in [1.82, 2.24) is 9.21 Å². The standard InChI is InChI=1S/C20H23N3O5S/c1-15(24)21-18-9-8-17(14-19(18)28-2)29(26,27)23-12-10-22(11-13-23)20(25)16-6-4-3-5-7-16/h3-9,14H,10-13H2,1-2H3,(H,21,24). The topological polar surface area (TPSA) is 96.0 Å². The van der Waals surface area contributed by atoms with Crippen molar-refractivity contribution in [3.05, 3.63) is 54.1 Å². The Bertz CT molecular complexity index is 1000. The number of benzene rings is 2. The van der Waals surface area contributed by atoms with E-state index in [-0.39, 0.29) is 35.5 Å². The maximum absolute atomic E-state index is 13.0. The number of hydrogen-bond donors (Lipinski definition) is 1. The van der Waals surface area contributed by atoms with Gasteiger partial charge in [0.2, 0.25) is 15.9 Å². The Kier molecular flexibility index (Phi) is 6.19. The van der Waals surface area contributed by atoms with Crippen molar-refractivity contribution < 1.29 is 22.7 Å². The van der Waals surface area contributed by atoms with Gasteiger partial charge in [-0.2, -0.15) is 4.31 Å². The van der Waals surface area contributed by atoms with E-state index >= 15 is 0 Å². The van der Waals surface area contributed by atoms with Gasteiger partial charge in [-0.05, 0) is 24.3 Å². The number of carbonyl (C=O) groups excluding carboxylic acids is 2. The molecule has 1 heterocycles. The van der Waals surface area contributed by atoms with E-state index in [0.717, 1.165) is 0 Å². The highest BCUT2D eigenvalue weighted by molar-refractivity contribution is 7.89. The van der Waals surface area contributed by atoms with E-state index in [1.165, 1.54) is 36.5 Å². The molecule has 2 aromatic rings. The summed E-state index contributed by atoms with van der Waals surface area (Å²) in [6.07, 6.45) is 0. The quantitative estimate of drug-likeness (QED) is 0.800. The number of sulfonamides is 1. The van der Waals surface area contributed by atoms with E-state index in [9.17, 15) is 18.0 Å². The van der Waals surface area contributed by atoms with E-state index < -0.39 is 10.0 Å². The summed E-state index contributed by atoms with van der Waals surface area (Å²) in [5.74, 6) is -0.124. The van der Waals surface area contributed by atoms with Crippen LogP contribution >= 0.6 is 0 Å². The van der Waals surface area contributed by atoms with E-state index in [1.54, 1.807) is 29.2 Å². The van der Waals surface area contributed by atoms with Crippen LogP contribution in [0, 0.1) is 0 Å². The van der Waals surface area contributed by atoms with Gasteiger partial charge in [-0.1, -0.05) is 18.2 Å². The average Bonchev–Trinajstić information content (AvgIpc) is 2.73. The molecule has 0 atom stereocenters. The van der Waals surface area contributed by atoms with Gasteiger partial charge < -0.3 is 15.0 Å². The molecule has 2 amide bonds. The molecule has 154 valence electrons. The minimum absolute atomic E-state index is 0.0753. The van der Waals surface area contributed by atoms with Gasteiger partial charge >= 0.3 is 0 Å². The molecular formula is C20H23N3O5S. The lowest BCUT2D eigenvalue weighted by Gasteiger charge is -2.34. The summed E-state index contributed by atoms with van der Waals surface area (Å²) in [7, 11) is -2.34. The summed E-state index contributed by atoms with van der Waals surface area (Å²) in [6.45, 7) is 2.40. The Hall–Kier alpha value is -2.91. The van der Waals surface area contributed by atoms with Gasteiger partial charge in [-0.25, -0.2) is 8.42 Å². The van der Waals surface area contributed by atoms with E-state index in [4.69, 9.17) is 4.74 Å². The molecule has 1 N–H and O–H groups in total. The van der Waals surface area contributed by atoms with Crippen LogP contribution in [0.4, 0.5) is 5.69 Å². The lowest BCUT2D eigenvalue weighted by Crippen LogP contribution is -2.50. The van der Waals surface area contributed by atoms with E-state index in [2.05, 4.69) is 5.32 Å². The largest absolute Gasteiger partial charge is 0.495 e. The van der Waals surface area contributed by atoms with Crippen LogP contribution in [0.3, 0.4) is 0 Å². The third-order valence-corrected chi connectivity index (χ3v) is 6.56. The van der Waals surface area contributed by atoms with Gasteiger partial charge in [0.15, 0.2) is 0 Å². The Labute approximate surface area is 170 Å². The van der Waals surface area contributed by atoms with Gasteiger partial charge in [-0.15, -0.1) is 0 Å². The molecule has 0 spiro atoms. The highest BCUT2D eigenvalue weighted by Gasteiger charge is 2.31. The van der Waals surface area contributed by atoms with Crippen LogP contribution in [0.5, 0.6) is 5.75 Å². The molecule has 1 aliphatic rings. The van der Waals surface area contributed by atoms with Crippen molar-refractivity contribution in [3.63, 3.8) is 0 Å². The third kappa shape index (κ3) is 4.57. The summed E-state index contributed by atoms with van der Waals surface area (Å²) in [5.41, 5.74) is 0.985. The maximum Gasteiger partial charge on any atom is 0.253 e. The molecule has 2 aromatic carbocycles. The average molecular weight is 417 g/mol. The Morgan fingerprint density at radius 3 is 2.24 bits per heavy atom. The molecule has 3 rings (SSSR count). The zero-order chi connectivity index (χ0) is 21.0. The van der Waals surface area contributed by atoms with Gasteiger partial charge in [0.05, 0.1) is 17.7 Å². The molecule has 0 saturated carbocycles. The van der Waals surface area contributed by atoms with Gasteiger partial charge in [0.1, 0.15) is 5.75 Å². The van der Waals surface area contributed by atoms with Crippen molar-refractivity contribution >= 4 is 27.5 Å². The molecule has 1 fully saturated rings. The van der Waals surface area contributed by atoms with Crippen LogP contribution in [0.1, 0.15) is 17.3 Å². The summed E-state index contributed by atoms with van der Waals surface area (Å²) in [5, 5.41) is 2.60. The molecule has 0 radical (unpaired) electrons. The fourth-order valence-electron chi connectivity index (χ4n) is 3.17.